The maximum atomic E-state index is 5.91. The molecule has 1 aromatic carbocycles. The van der Waals surface area contributed by atoms with Gasteiger partial charge in [0.25, 0.3) is 0 Å². The van der Waals surface area contributed by atoms with E-state index in [0.29, 0.717) is 11.6 Å². The number of hydrogen-bond acceptors (Lipinski definition) is 4. The molecule has 0 fully saturated rings. The Morgan fingerprint density at radius 2 is 2.14 bits per heavy atom. The first-order valence-corrected chi connectivity index (χ1v) is 7.42. The highest BCUT2D eigenvalue weighted by Crippen LogP contribution is 2.17. The van der Waals surface area contributed by atoms with E-state index in [4.69, 9.17) is 20.9 Å². The Hall–Kier alpha value is -1.52. The van der Waals surface area contributed by atoms with Crippen LogP contribution < -0.4 is 4.74 Å². The summed E-state index contributed by atoms with van der Waals surface area (Å²) in [7, 11) is 2.09. The lowest BCUT2D eigenvalue weighted by Gasteiger charge is -2.16. The standard InChI is InChI=1S/C16H21ClN2O2/c1-12-16(13(2)21-18-12)11-19(3)8-5-9-20-15-7-4-6-14(17)10-15/h4,6-7,10H,5,8-9,11H2,1-3H3. The average molecular weight is 309 g/mol. The molecule has 0 aliphatic carbocycles. The molecule has 114 valence electrons. The second-order valence-corrected chi connectivity index (χ2v) is 5.64. The van der Waals surface area contributed by atoms with Crippen LogP contribution in [0.4, 0.5) is 0 Å². The van der Waals surface area contributed by atoms with Gasteiger partial charge in [0.05, 0.1) is 12.3 Å². The smallest absolute Gasteiger partial charge is 0.138 e. The van der Waals surface area contributed by atoms with Gasteiger partial charge in [0.15, 0.2) is 0 Å². The molecule has 21 heavy (non-hydrogen) atoms. The molecular formula is C16H21ClN2O2. The minimum Gasteiger partial charge on any atom is -0.493 e. The van der Waals surface area contributed by atoms with Crippen LogP contribution in [0.25, 0.3) is 0 Å². The van der Waals surface area contributed by atoms with E-state index in [0.717, 1.165) is 36.7 Å². The van der Waals surface area contributed by atoms with Crippen LogP contribution in [0.1, 0.15) is 23.4 Å². The van der Waals surface area contributed by atoms with Crippen molar-refractivity contribution >= 4 is 11.6 Å². The second kappa shape index (κ2) is 7.48. The van der Waals surface area contributed by atoms with Gasteiger partial charge in [-0.05, 0) is 45.5 Å². The summed E-state index contributed by atoms with van der Waals surface area (Å²) in [5.41, 5.74) is 2.14. The third kappa shape index (κ3) is 4.76. The van der Waals surface area contributed by atoms with Crippen LogP contribution in [0.15, 0.2) is 28.8 Å². The molecule has 0 saturated carbocycles. The fraction of sp³-hybridized carbons (Fsp3) is 0.438. The quantitative estimate of drug-likeness (QED) is 0.728. The highest BCUT2D eigenvalue weighted by Gasteiger charge is 2.11. The van der Waals surface area contributed by atoms with Crippen LogP contribution in [0.2, 0.25) is 5.02 Å². The largest absolute Gasteiger partial charge is 0.493 e. The third-order valence-corrected chi connectivity index (χ3v) is 3.59. The van der Waals surface area contributed by atoms with Gasteiger partial charge in [-0.25, -0.2) is 0 Å². The molecule has 0 saturated heterocycles. The topological polar surface area (TPSA) is 38.5 Å². The van der Waals surface area contributed by atoms with Gasteiger partial charge in [-0.15, -0.1) is 0 Å². The first-order valence-electron chi connectivity index (χ1n) is 7.05. The molecule has 0 aliphatic heterocycles. The predicted octanol–water partition coefficient (Wildman–Crippen LogP) is 3.85. The molecule has 5 heteroatoms. The molecule has 0 unspecified atom stereocenters. The van der Waals surface area contributed by atoms with E-state index in [1.165, 1.54) is 5.56 Å². The molecule has 0 atom stereocenters. The molecule has 4 nitrogen and oxygen atoms in total. The van der Waals surface area contributed by atoms with Crippen molar-refractivity contribution in [1.29, 1.82) is 0 Å². The summed E-state index contributed by atoms with van der Waals surface area (Å²) in [5.74, 6) is 1.71. The van der Waals surface area contributed by atoms with E-state index >= 15 is 0 Å². The van der Waals surface area contributed by atoms with Crippen molar-refractivity contribution in [3.63, 3.8) is 0 Å². The molecule has 0 aliphatic rings. The Labute approximate surface area is 130 Å². The summed E-state index contributed by atoms with van der Waals surface area (Å²) >= 11 is 5.91. The fourth-order valence-electron chi connectivity index (χ4n) is 2.16. The number of hydrogen-bond donors (Lipinski definition) is 0. The lowest BCUT2D eigenvalue weighted by Crippen LogP contribution is -2.21. The van der Waals surface area contributed by atoms with Gasteiger partial charge in [-0.3, -0.25) is 0 Å². The second-order valence-electron chi connectivity index (χ2n) is 5.20. The Morgan fingerprint density at radius 1 is 1.33 bits per heavy atom. The van der Waals surface area contributed by atoms with Crippen molar-refractivity contribution in [2.24, 2.45) is 0 Å². The lowest BCUT2D eigenvalue weighted by atomic mass is 10.2. The molecule has 0 radical (unpaired) electrons. The van der Waals surface area contributed by atoms with Crippen molar-refractivity contribution in [2.75, 3.05) is 20.2 Å². The van der Waals surface area contributed by atoms with Crippen molar-refractivity contribution in [1.82, 2.24) is 10.1 Å². The van der Waals surface area contributed by atoms with Gasteiger partial charge in [0.1, 0.15) is 11.5 Å². The van der Waals surface area contributed by atoms with E-state index in [-0.39, 0.29) is 0 Å². The normalized spacial score (nSPS) is 11.1. The van der Waals surface area contributed by atoms with Crippen LogP contribution in [0, 0.1) is 13.8 Å². The highest BCUT2D eigenvalue weighted by molar-refractivity contribution is 6.30. The Kier molecular flexibility index (Phi) is 5.65. The number of halogens is 1. The number of aromatic nitrogens is 1. The van der Waals surface area contributed by atoms with E-state index in [1.807, 2.05) is 38.1 Å². The van der Waals surface area contributed by atoms with Crippen molar-refractivity contribution in [2.45, 2.75) is 26.8 Å². The minimum atomic E-state index is 0.673. The predicted molar refractivity (Wildman–Crippen MR) is 83.9 cm³/mol. The zero-order chi connectivity index (χ0) is 15.2. The van der Waals surface area contributed by atoms with Crippen molar-refractivity contribution in [3.8, 4) is 5.75 Å². The zero-order valence-corrected chi connectivity index (χ0v) is 13.5. The first-order chi connectivity index (χ1) is 10.1. The van der Waals surface area contributed by atoms with Crippen molar-refractivity contribution in [3.05, 3.63) is 46.3 Å². The number of nitrogens with zero attached hydrogens (tertiary/aromatic N) is 2. The summed E-state index contributed by atoms with van der Waals surface area (Å²) in [6.45, 7) is 6.39. The third-order valence-electron chi connectivity index (χ3n) is 3.36. The Morgan fingerprint density at radius 3 is 2.81 bits per heavy atom. The Balaban J connectivity index is 1.71. The molecule has 1 heterocycles. The van der Waals surface area contributed by atoms with Crippen LogP contribution >= 0.6 is 11.6 Å². The zero-order valence-electron chi connectivity index (χ0n) is 12.7. The van der Waals surface area contributed by atoms with Gasteiger partial charge >= 0.3 is 0 Å². The SMILES string of the molecule is Cc1noc(C)c1CN(C)CCCOc1cccc(Cl)c1. The van der Waals surface area contributed by atoms with Crippen molar-refractivity contribution < 1.29 is 9.26 Å². The molecular weight excluding hydrogens is 288 g/mol. The summed E-state index contributed by atoms with van der Waals surface area (Å²) in [6, 6.07) is 7.47. The maximum Gasteiger partial charge on any atom is 0.138 e. The molecule has 0 bridgehead atoms. The van der Waals surface area contributed by atoms with Crippen LogP contribution in [-0.4, -0.2) is 30.3 Å². The Bertz CT molecular complexity index is 564. The summed E-state index contributed by atoms with van der Waals surface area (Å²) in [5, 5.41) is 4.67. The molecule has 1 aromatic heterocycles. The summed E-state index contributed by atoms with van der Waals surface area (Å²) < 4.78 is 10.9. The minimum absolute atomic E-state index is 0.673. The first kappa shape index (κ1) is 15.9. The number of ether oxygens (including phenoxy) is 1. The summed E-state index contributed by atoms with van der Waals surface area (Å²) in [4.78, 5) is 2.24. The lowest BCUT2D eigenvalue weighted by molar-refractivity contribution is 0.258. The van der Waals surface area contributed by atoms with Gasteiger partial charge in [-0.2, -0.15) is 0 Å². The van der Waals surface area contributed by atoms with Gasteiger partial charge < -0.3 is 14.2 Å². The number of aryl methyl sites for hydroxylation is 2. The van der Waals surface area contributed by atoms with E-state index < -0.39 is 0 Å². The van der Waals surface area contributed by atoms with Gasteiger partial charge in [-0.1, -0.05) is 22.8 Å². The highest BCUT2D eigenvalue weighted by atomic mass is 35.5. The van der Waals surface area contributed by atoms with E-state index in [9.17, 15) is 0 Å². The van der Waals surface area contributed by atoms with Crippen LogP contribution in [0.3, 0.4) is 0 Å². The average Bonchev–Trinajstić information content (AvgIpc) is 2.76. The summed E-state index contributed by atoms with van der Waals surface area (Å²) in [6.07, 6.45) is 0.951. The molecule has 2 aromatic rings. The molecule has 0 N–H and O–H groups in total. The molecule has 2 rings (SSSR count). The van der Waals surface area contributed by atoms with Gasteiger partial charge in [0.2, 0.25) is 0 Å². The molecule has 0 amide bonds. The van der Waals surface area contributed by atoms with Crippen LogP contribution in [-0.2, 0) is 6.54 Å². The van der Waals surface area contributed by atoms with Gasteiger partial charge in [0, 0.05) is 23.7 Å². The van der Waals surface area contributed by atoms with E-state index in [2.05, 4.69) is 17.1 Å². The van der Waals surface area contributed by atoms with E-state index in [1.54, 1.807) is 0 Å². The van der Waals surface area contributed by atoms with Crippen LogP contribution in [0.5, 0.6) is 5.75 Å². The number of benzene rings is 1. The maximum absolute atomic E-state index is 5.91. The molecule has 0 spiro atoms. The number of rotatable bonds is 7. The monoisotopic (exact) mass is 308 g/mol. The fourth-order valence-corrected chi connectivity index (χ4v) is 2.34.